The zero-order chi connectivity index (χ0) is 26.6. The standard InChI is InChI=1S/C25H34ClN5O5/c1-25(2,3)12-18(24(35)30-16(21(27)32)10-13-6-5-9-28-22(13)33)31-23(34)17-11-14-19(36-4)8-7-15(26)20(14)29-17/h7-8,11,13,16,18,29H,5-6,9-10,12H2,1-4H3,(H2,27,32)(H,28,33)(H,30,35)(H,31,34). The van der Waals surface area contributed by atoms with Gasteiger partial charge in [-0.25, -0.2) is 0 Å². The number of halogens is 1. The maximum atomic E-state index is 13.3. The SMILES string of the molecule is COc1ccc(Cl)c2[nH]c(C(=O)NC(CC(C)(C)C)C(=O)NC(CC3CCCNC3=O)C(N)=O)cc12. The molecule has 3 atom stereocenters. The van der Waals surface area contributed by atoms with E-state index in [9.17, 15) is 19.2 Å². The number of benzene rings is 1. The first-order chi connectivity index (χ1) is 16.9. The number of hydrogen-bond acceptors (Lipinski definition) is 5. The average Bonchev–Trinajstić information content (AvgIpc) is 3.25. The van der Waals surface area contributed by atoms with E-state index in [-0.39, 0.29) is 23.4 Å². The van der Waals surface area contributed by atoms with Crippen LogP contribution in [0.4, 0.5) is 0 Å². The topological polar surface area (TPSA) is 155 Å². The van der Waals surface area contributed by atoms with Gasteiger partial charge >= 0.3 is 0 Å². The van der Waals surface area contributed by atoms with Crippen LogP contribution in [0.5, 0.6) is 5.75 Å². The molecule has 1 saturated heterocycles. The number of aromatic nitrogens is 1. The minimum absolute atomic E-state index is 0.101. The van der Waals surface area contributed by atoms with E-state index in [0.717, 1.165) is 6.42 Å². The third kappa shape index (κ3) is 6.69. The number of H-pyrrole nitrogens is 1. The van der Waals surface area contributed by atoms with E-state index < -0.39 is 35.7 Å². The molecule has 10 nitrogen and oxygen atoms in total. The molecule has 0 radical (unpaired) electrons. The predicted molar refractivity (Wildman–Crippen MR) is 137 cm³/mol. The van der Waals surface area contributed by atoms with Crippen molar-refractivity contribution in [2.24, 2.45) is 17.1 Å². The molecule has 11 heteroatoms. The van der Waals surface area contributed by atoms with Gasteiger partial charge in [-0.2, -0.15) is 0 Å². The smallest absolute Gasteiger partial charge is 0.268 e. The Bertz CT molecular complexity index is 1160. The van der Waals surface area contributed by atoms with Gasteiger partial charge in [0.05, 0.1) is 17.6 Å². The molecule has 2 aromatic rings. The molecule has 6 N–H and O–H groups in total. The van der Waals surface area contributed by atoms with Gasteiger partial charge in [-0.3, -0.25) is 19.2 Å². The second-order valence-electron chi connectivity index (χ2n) is 10.3. The molecule has 1 aromatic carbocycles. The Kier molecular flexibility index (Phi) is 8.50. The van der Waals surface area contributed by atoms with Crippen LogP contribution in [0.1, 0.15) is 56.9 Å². The molecule has 3 rings (SSSR count). The number of piperidine rings is 1. The van der Waals surface area contributed by atoms with Gasteiger partial charge in [-0.15, -0.1) is 0 Å². The summed E-state index contributed by atoms with van der Waals surface area (Å²) in [5, 5.41) is 9.25. The van der Waals surface area contributed by atoms with Crippen molar-refractivity contribution in [3.8, 4) is 5.75 Å². The van der Waals surface area contributed by atoms with Gasteiger partial charge in [0, 0.05) is 17.8 Å². The Morgan fingerprint density at radius 1 is 1.22 bits per heavy atom. The van der Waals surface area contributed by atoms with Crippen molar-refractivity contribution < 1.29 is 23.9 Å². The summed E-state index contributed by atoms with van der Waals surface area (Å²) in [4.78, 5) is 53.7. The number of rotatable bonds is 9. The van der Waals surface area contributed by atoms with Crippen molar-refractivity contribution in [1.82, 2.24) is 20.9 Å². The summed E-state index contributed by atoms with van der Waals surface area (Å²) in [7, 11) is 1.52. The van der Waals surface area contributed by atoms with E-state index in [0.29, 0.717) is 41.1 Å². The molecule has 0 spiro atoms. The van der Waals surface area contributed by atoms with Gasteiger partial charge in [0.1, 0.15) is 23.5 Å². The van der Waals surface area contributed by atoms with Gasteiger partial charge < -0.3 is 31.4 Å². The second kappa shape index (κ2) is 11.2. The number of carbonyl (C=O) groups excluding carboxylic acids is 4. The van der Waals surface area contributed by atoms with Crippen molar-refractivity contribution in [3.63, 3.8) is 0 Å². The molecule has 3 unspecified atom stereocenters. The molecule has 196 valence electrons. The fraction of sp³-hybridized carbons (Fsp3) is 0.520. The van der Waals surface area contributed by atoms with E-state index in [2.05, 4.69) is 20.9 Å². The quantitative estimate of drug-likeness (QED) is 0.343. The number of hydrogen-bond donors (Lipinski definition) is 5. The first-order valence-corrected chi connectivity index (χ1v) is 12.3. The van der Waals surface area contributed by atoms with Crippen LogP contribution < -0.4 is 26.4 Å². The molecular formula is C25H34ClN5O5. The summed E-state index contributed by atoms with van der Waals surface area (Å²) in [5.41, 5.74) is 5.97. The van der Waals surface area contributed by atoms with Crippen LogP contribution in [-0.4, -0.2) is 54.4 Å². The van der Waals surface area contributed by atoms with Crippen LogP contribution in [0.3, 0.4) is 0 Å². The van der Waals surface area contributed by atoms with Gasteiger partial charge in [0.15, 0.2) is 0 Å². The minimum atomic E-state index is -1.04. The average molecular weight is 520 g/mol. The van der Waals surface area contributed by atoms with Gasteiger partial charge in [0.25, 0.3) is 5.91 Å². The van der Waals surface area contributed by atoms with Gasteiger partial charge in [0.2, 0.25) is 17.7 Å². The van der Waals surface area contributed by atoms with Crippen LogP contribution in [0.15, 0.2) is 18.2 Å². The van der Waals surface area contributed by atoms with Crippen molar-refractivity contribution in [3.05, 3.63) is 28.9 Å². The molecule has 0 bridgehead atoms. The summed E-state index contributed by atoms with van der Waals surface area (Å²) in [6, 6.07) is 2.97. The summed E-state index contributed by atoms with van der Waals surface area (Å²) >= 11 is 6.27. The number of aromatic amines is 1. The Morgan fingerprint density at radius 2 is 1.94 bits per heavy atom. The molecule has 0 saturated carbocycles. The minimum Gasteiger partial charge on any atom is -0.496 e. The van der Waals surface area contributed by atoms with Crippen LogP contribution >= 0.6 is 11.6 Å². The number of methoxy groups -OCH3 is 1. The number of amides is 4. The zero-order valence-electron chi connectivity index (χ0n) is 21.0. The Labute approximate surface area is 215 Å². The molecule has 1 aliphatic rings. The van der Waals surface area contributed by atoms with Crippen molar-refractivity contribution >= 4 is 46.1 Å². The number of fused-ring (bicyclic) bond motifs is 1. The predicted octanol–water partition coefficient (Wildman–Crippen LogP) is 2.25. The third-order valence-electron chi connectivity index (χ3n) is 6.19. The number of nitrogens with two attached hydrogens (primary N) is 1. The zero-order valence-corrected chi connectivity index (χ0v) is 21.8. The lowest BCUT2D eigenvalue weighted by atomic mass is 9.87. The van der Waals surface area contributed by atoms with E-state index in [4.69, 9.17) is 22.1 Å². The second-order valence-corrected chi connectivity index (χ2v) is 10.7. The Hall–Kier alpha value is -3.27. The largest absolute Gasteiger partial charge is 0.496 e. The van der Waals surface area contributed by atoms with Crippen LogP contribution in [0.2, 0.25) is 5.02 Å². The molecule has 36 heavy (non-hydrogen) atoms. The van der Waals surface area contributed by atoms with E-state index in [1.165, 1.54) is 7.11 Å². The summed E-state index contributed by atoms with van der Waals surface area (Å²) in [6.07, 6.45) is 1.80. The highest BCUT2D eigenvalue weighted by atomic mass is 35.5. The van der Waals surface area contributed by atoms with Gasteiger partial charge in [-0.1, -0.05) is 32.4 Å². The molecular weight excluding hydrogens is 486 g/mol. The molecule has 1 fully saturated rings. The summed E-state index contributed by atoms with van der Waals surface area (Å²) in [5.74, 6) is -1.84. The first-order valence-electron chi connectivity index (χ1n) is 11.9. The normalized spacial score (nSPS) is 17.7. The lowest BCUT2D eigenvalue weighted by molar-refractivity contribution is -0.131. The lowest BCUT2D eigenvalue weighted by Gasteiger charge is -2.29. The van der Waals surface area contributed by atoms with Crippen LogP contribution in [-0.2, 0) is 14.4 Å². The van der Waals surface area contributed by atoms with Crippen molar-refractivity contribution in [2.75, 3.05) is 13.7 Å². The highest BCUT2D eigenvalue weighted by molar-refractivity contribution is 6.35. The maximum absolute atomic E-state index is 13.3. The number of nitrogens with one attached hydrogen (secondary N) is 4. The van der Waals surface area contributed by atoms with Crippen molar-refractivity contribution in [1.29, 1.82) is 0 Å². The lowest BCUT2D eigenvalue weighted by Crippen LogP contribution is -2.55. The fourth-order valence-corrected chi connectivity index (χ4v) is 4.59. The Balaban J connectivity index is 1.80. The van der Waals surface area contributed by atoms with Crippen molar-refractivity contribution in [2.45, 2.75) is 58.5 Å². The summed E-state index contributed by atoms with van der Waals surface area (Å²) in [6.45, 7) is 6.40. The number of carbonyl (C=O) groups is 4. The molecule has 1 aliphatic heterocycles. The molecule has 0 aliphatic carbocycles. The molecule has 2 heterocycles. The maximum Gasteiger partial charge on any atom is 0.268 e. The first kappa shape index (κ1) is 27.3. The monoisotopic (exact) mass is 519 g/mol. The fourth-order valence-electron chi connectivity index (χ4n) is 4.38. The van der Waals surface area contributed by atoms with Crippen LogP contribution in [0, 0.1) is 11.3 Å². The number of ether oxygens (including phenoxy) is 1. The van der Waals surface area contributed by atoms with Crippen LogP contribution in [0.25, 0.3) is 10.9 Å². The van der Waals surface area contributed by atoms with Gasteiger partial charge in [-0.05, 0) is 49.3 Å². The number of primary amides is 1. The van der Waals surface area contributed by atoms with E-state index >= 15 is 0 Å². The highest BCUT2D eigenvalue weighted by Crippen LogP contribution is 2.32. The Morgan fingerprint density at radius 3 is 2.56 bits per heavy atom. The van der Waals surface area contributed by atoms with E-state index in [1.54, 1.807) is 18.2 Å². The highest BCUT2D eigenvalue weighted by Gasteiger charge is 2.33. The summed E-state index contributed by atoms with van der Waals surface area (Å²) < 4.78 is 5.35. The third-order valence-corrected chi connectivity index (χ3v) is 6.50. The molecule has 4 amide bonds. The molecule has 1 aromatic heterocycles. The van der Waals surface area contributed by atoms with E-state index in [1.807, 2.05) is 20.8 Å².